The summed E-state index contributed by atoms with van der Waals surface area (Å²) in [4.78, 5) is 33.8. The van der Waals surface area contributed by atoms with E-state index in [0.29, 0.717) is 12.0 Å². The molecule has 0 aromatic heterocycles. The molecule has 2 bridgehead atoms. The van der Waals surface area contributed by atoms with Crippen LogP contribution in [0.1, 0.15) is 20.3 Å². The lowest BCUT2D eigenvalue weighted by Crippen LogP contribution is -2.49. The van der Waals surface area contributed by atoms with E-state index in [1.165, 1.54) is 7.11 Å². The minimum Gasteiger partial charge on any atom is -0.370 e. The van der Waals surface area contributed by atoms with E-state index in [2.05, 4.69) is 5.32 Å². The summed E-state index contributed by atoms with van der Waals surface area (Å²) < 4.78 is 22.4. The van der Waals surface area contributed by atoms with Gasteiger partial charge in [0.1, 0.15) is 23.9 Å². The molecule has 0 saturated carbocycles. The van der Waals surface area contributed by atoms with Crippen molar-refractivity contribution in [2.75, 3.05) is 13.7 Å². The van der Waals surface area contributed by atoms with E-state index < -0.39 is 48.4 Å². The van der Waals surface area contributed by atoms with Crippen LogP contribution in [0.5, 0.6) is 0 Å². The highest BCUT2D eigenvalue weighted by atomic mass is 32.5. The summed E-state index contributed by atoms with van der Waals surface area (Å²) >= 11 is 4.94. The van der Waals surface area contributed by atoms with Gasteiger partial charge in [-0.05, 0) is 25.2 Å². The fraction of sp³-hybridized carbons (Fsp3) is 0.714. The van der Waals surface area contributed by atoms with E-state index in [9.17, 15) is 14.5 Å². The quantitative estimate of drug-likeness (QED) is 0.524. The number of hydrogen-bond donors (Lipinski definition) is 2. The number of nitrogens with one attached hydrogen (secondary N) is 1. The molecular weight excluding hydrogens is 357 g/mol. The Kier molecular flexibility index (Phi) is 4.72. The van der Waals surface area contributed by atoms with Gasteiger partial charge in [-0.25, -0.2) is 0 Å². The van der Waals surface area contributed by atoms with Crippen LogP contribution in [0.15, 0.2) is 11.6 Å². The van der Waals surface area contributed by atoms with Gasteiger partial charge in [-0.1, -0.05) is 13.0 Å². The Bertz CT molecular complexity index is 653. The highest BCUT2D eigenvalue weighted by Crippen LogP contribution is 2.54. The minimum absolute atomic E-state index is 0.282. The molecule has 0 spiro atoms. The maximum absolute atomic E-state index is 12.2. The van der Waals surface area contributed by atoms with Gasteiger partial charge < -0.3 is 18.9 Å². The maximum atomic E-state index is 12.2. The normalized spacial score (nSPS) is 41.1. The van der Waals surface area contributed by atoms with Crippen LogP contribution in [0.4, 0.5) is 0 Å². The molecule has 24 heavy (non-hydrogen) atoms. The Morgan fingerprint density at radius 1 is 1.50 bits per heavy atom. The Balaban J connectivity index is 1.90. The van der Waals surface area contributed by atoms with Gasteiger partial charge in [-0.3, -0.25) is 19.4 Å². The summed E-state index contributed by atoms with van der Waals surface area (Å²) in [5.74, 6) is -1.53. The van der Waals surface area contributed by atoms with Gasteiger partial charge in [0.25, 0.3) is 5.91 Å². The van der Waals surface area contributed by atoms with Crippen LogP contribution in [0.25, 0.3) is 0 Å². The first-order chi connectivity index (χ1) is 11.2. The van der Waals surface area contributed by atoms with Gasteiger partial charge in [0, 0.05) is 12.7 Å². The highest BCUT2D eigenvalue weighted by molar-refractivity contribution is 8.07. The van der Waals surface area contributed by atoms with Crippen molar-refractivity contribution in [2.24, 2.45) is 5.92 Å². The van der Waals surface area contributed by atoms with Crippen molar-refractivity contribution in [1.82, 2.24) is 5.32 Å². The van der Waals surface area contributed by atoms with Gasteiger partial charge in [-0.15, -0.1) is 0 Å². The van der Waals surface area contributed by atoms with Crippen LogP contribution >= 0.6 is 6.72 Å². The van der Waals surface area contributed by atoms with Crippen LogP contribution in [0, 0.1) is 5.92 Å². The second-order valence-corrected chi connectivity index (χ2v) is 9.04. The van der Waals surface area contributed by atoms with Gasteiger partial charge in [0.2, 0.25) is 5.91 Å². The number of ether oxygens (including phenoxy) is 2. The van der Waals surface area contributed by atoms with Crippen molar-refractivity contribution < 1.29 is 33.0 Å². The smallest absolute Gasteiger partial charge is 0.324 e. The van der Waals surface area contributed by atoms with Crippen molar-refractivity contribution in [3.05, 3.63) is 11.6 Å². The molecule has 134 valence electrons. The Hall–Kier alpha value is -0.670. The summed E-state index contributed by atoms with van der Waals surface area (Å²) in [5, 5.41) is 2.31. The van der Waals surface area contributed by atoms with Crippen molar-refractivity contribution >= 4 is 30.3 Å². The third-order valence-electron chi connectivity index (χ3n) is 4.79. The molecule has 0 aromatic carbocycles. The first-order valence-corrected chi connectivity index (χ1v) is 10.2. The number of rotatable bonds is 5. The lowest BCUT2D eigenvalue weighted by Gasteiger charge is -2.33. The predicted molar refractivity (Wildman–Crippen MR) is 86.4 cm³/mol. The van der Waals surface area contributed by atoms with Gasteiger partial charge in [0.15, 0.2) is 0 Å². The number of hydrogen-bond acceptors (Lipinski definition) is 7. The predicted octanol–water partition coefficient (Wildman–Crippen LogP) is 0.400. The Morgan fingerprint density at radius 2 is 2.21 bits per heavy atom. The van der Waals surface area contributed by atoms with Crippen LogP contribution in [-0.2, 0) is 39.9 Å². The first kappa shape index (κ1) is 18.1. The molecule has 3 heterocycles. The Labute approximate surface area is 144 Å². The number of amides is 2. The van der Waals surface area contributed by atoms with Crippen LogP contribution in [0.3, 0.4) is 0 Å². The molecule has 3 aliphatic heterocycles. The molecule has 2 saturated heterocycles. The molecule has 2 amide bonds. The average molecular weight is 377 g/mol. The molecule has 2 N–H and O–H groups in total. The third kappa shape index (κ3) is 2.88. The zero-order valence-electron chi connectivity index (χ0n) is 13.6. The minimum atomic E-state index is -3.41. The molecule has 3 rings (SSSR count). The van der Waals surface area contributed by atoms with E-state index in [1.54, 1.807) is 13.0 Å². The van der Waals surface area contributed by atoms with Crippen molar-refractivity contribution in [3.8, 4) is 0 Å². The molecule has 6 atom stereocenters. The van der Waals surface area contributed by atoms with E-state index >= 15 is 0 Å². The summed E-state index contributed by atoms with van der Waals surface area (Å²) in [6.07, 6.45) is 0.296. The number of fused-ring (bicyclic) bond motifs is 2. The largest absolute Gasteiger partial charge is 0.370 e. The molecule has 10 heteroatoms. The SMILES string of the molecule is CCC12CO[C@@H]([C@H]1OP(O)(=S)OC)[C@H](C1C=C(C)C(=O)NC1=O)O2. The molecular formula is C14H20NO7PS. The van der Waals surface area contributed by atoms with Crippen LogP contribution < -0.4 is 5.32 Å². The van der Waals surface area contributed by atoms with Gasteiger partial charge >= 0.3 is 6.72 Å². The van der Waals surface area contributed by atoms with Gasteiger partial charge in [0.05, 0.1) is 12.5 Å². The topological polar surface area (TPSA) is 103 Å². The molecule has 0 radical (unpaired) electrons. The summed E-state index contributed by atoms with van der Waals surface area (Å²) in [5.41, 5.74) is -0.359. The first-order valence-electron chi connectivity index (χ1n) is 7.63. The van der Waals surface area contributed by atoms with Crippen molar-refractivity contribution in [1.29, 1.82) is 0 Å². The van der Waals surface area contributed by atoms with E-state index in [4.69, 9.17) is 30.3 Å². The monoisotopic (exact) mass is 377 g/mol. The number of carbonyl (C=O) groups is 2. The summed E-state index contributed by atoms with van der Waals surface area (Å²) in [6, 6.07) is 0. The number of carbonyl (C=O) groups excluding carboxylic acids is 2. The van der Waals surface area contributed by atoms with Crippen molar-refractivity contribution in [2.45, 2.75) is 44.2 Å². The molecule has 3 aliphatic rings. The second kappa shape index (κ2) is 6.25. The Morgan fingerprint density at radius 3 is 2.83 bits per heavy atom. The lowest BCUT2D eigenvalue weighted by molar-refractivity contribution is -0.166. The standard InChI is InChI=1S/C14H20NO7PS/c1-4-14-6-20-10(11(14)22-23(18,24)19-3)9(21-14)8-5-7(2)12(16)15-13(8)17/h5,8-11H,4,6H2,1-3H3,(H,18,24)(H,15,16,17)/t8?,9-,10+,11+,14?,23?/m0/s1. The molecule has 3 unspecified atom stereocenters. The zero-order valence-corrected chi connectivity index (χ0v) is 15.3. The summed E-state index contributed by atoms with van der Waals surface area (Å²) in [6.45, 7) is 0.405. The molecule has 0 aliphatic carbocycles. The molecule has 0 aromatic rings. The van der Waals surface area contributed by atoms with Gasteiger partial charge in [-0.2, -0.15) is 0 Å². The van der Waals surface area contributed by atoms with E-state index in [1.807, 2.05) is 6.92 Å². The number of imide groups is 1. The zero-order chi connectivity index (χ0) is 17.7. The van der Waals surface area contributed by atoms with Crippen molar-refractivity contribution in [3.63, 3.8) is 0 Å². The second-order valence-electron chi connectivity index (χ2n) is 6.15. The fourth-order valence-corrected chi connectivity index (χ4v) is 4.34. The highest BCUT2D eigenvalue weighted by Gasteiger charge is 2.64. The van der Waals surface area contributed by atoms with E-state index in [0.717, 1.165) is 0 Å². The lowest BCUT2D eigenvalue weighted by atomic mass is 9.90. The fourth-order valence-electron chi connectivity index (χ4n) is 3.38. The van der Waals surface area contributed by atoms with Crippen LogP contribution in [0.2, 0.25) is 0 Å². The molecule has 2 fully saturated rings. The summed E-state index contributed by atoms with van der Waals surface area (Å²) in [7, 11) is 1.28. The maximum Gasteiger partial charge on any atom is 0.324 e. The third-order valence-corrected chi connectivity index (χ3v) is 6.45. The molecule has 8 nitrogen and oxygen atoms in total. The van der Waals surface area contributed by atoms with E-state index in [-0.39, 0.29) is 6.61 Å². The average Bonchev–Trinajstić information content (AvgIpc) is 3.03. The van der Waals surface area contributed by atoms with Crippen LogP contribution in [-0.4, -0.2) is 54.3 Å².